The highest BCUT2D eigenvalue weighted by Crippen LogP contribution is 2.18. The van der Waals surface area contributed by atoms with Gasteiger partial charge >= 0.3 is 0 Å². The third-order valence-corrected chi connectivity index (χ3v) is 3.50. The van der Waals surface area contributed by atoms with E-state index >= 15 is 0 Å². The summed E-state index contributed by atoms with van der Waals surface area (Å²) in [5.41, 5.74) is 3.08. The fraction of sp³-hybridized carbons (Fsp3) is 0.312. The molecule has 0 fully saturated rings. The maximum absolute atomic E-state index is 4.45. The van der Waals surface area contributed by atoms with Crippen LogP contribution in [0.25, 0.3) is 0 Å². The molecule has 0 aliphatic rings. The van der Waals surface area contributed by atoms with Crippen molar-refractivity contribution in [3.8, 4) is 0 Å². The molecule has 0 aromatic carbocycles. The van der Waals surface area contributed by atoms with Crippen LogP contribution in [0.3, 0.4) is 0 Å². The lowest BCUT2D eigenvalue weighted by atomic mass is 10.1. The summed E-state index contributed by atoms with van der Waals surface area (Å²) in [5, 5.41) is 10.9. The molecule has 0 radical (unpaired) electrons. The lowest BCUT2D eigenvalue weighted by Crippen LogP contribution is -2.34. The normalized spacial score (nSPS) is 13.9. The Morgan fingerprint density at radius 3 is 2.77 bits per heavy atom. The Labute approximate surface area is 129 Å². The van der Waals surface area contributed by atoms with Crippen LogP contribution >= 0.6 is 0 Å². The average molecular weight is 296 g/mol. The highest BCUT2D eigenvalue weighted by molar-refractivity contribution is 5.18. The molecule has 0 spiro atoms. The topological polar surface area (TPSA) is 82.3 Å². The second-order valence-corrected chi connectivity index (χ2v) is 5.48. The van der Waals surface area contributed by atoms with Gasteiger partial charge in [-0.2, -0.15) is 5.10 Å². The van der Waals surface area contributed by atoms with Crippen LogP contribution in [0, 0.1) is 6.92 Å². The molecule has 3 aromatic rings. The van der Waals surface area contributed by atoms with Crippen molar-refractivity contribution in [1.82, 2.24) is 30.5 Å². The van der Waals surface area contributed by atoms with Crippen LogP contribution in [0.4, 0.5) is 0 Å². The number of nitrogens with one attached hydrogen (secondary N) is 3. The van der Waals surface area contributed by atoms with Crippen molar-refractivity contribution >= 4 is 0 Å². The van der Waals surface area contributed by atoms with Crippen molar-refractivity contribution in [2.45, 2.75) is 32.4 Å². The van der Waals surface area contributed by atoms with Gasteiger partial charge in [-0.05, 0) is 32.0 Å². The molecule has 3 aromatic heterocycles. The van der Waals surface area contributed by atoms with Crippen LogP contribution in [-0.4, -0.2) is 31.2 Å². The summed E-state index contributed by atoms with van der Waals surface area (Å²) in [5.74, 6) is 0.865. The minimum Gasteiger partial charge on any atom is -0.347 e. The molecule has 0 aliphatic heterocycles. The zero-order valence-electron chi connectivity index (χ0n) is 12.7. The summed E-state index contributed by atoms with van der Waals surface area (Å²) in [6.45, 7) is 4.15. The van der Waals surface area contributed by atoms with Gasteiger partial charge in [-0.3, -0.25) is 15.4 Å². The number of aromatic nitrogens is 5. The summed E-state index contributed by atoms with van der Waals surface area (Å²) < 4.78 is 0. The van der Waals surface area contributed by atoms with Crippen molar-refractivity contribution < 1.29 is 0 Å². The first-order valence-corrected chi connectivity index (χ1v) is 7.39. The summed E-state index contributed by atoms with van der Waals surface area (Å²) in [6.07, 6.45) is 6.23. The average Bonchev–Trinajstić information content (AvgIpc) is 3.18. The van der Waals surface area contributed by atoms with Gasteiger partial charge in [-0.15, -0.1) is 0 Å². The van der Waals surface area contributed by atoms with Gasteiger partial charge in [0, 0.05) is 36.7 Å². The van der Waals surface area contributed by atoms with E-state index in [1.165, 1.54) is 0 Å². The van der Waals surface area contributed by atoms with Gasteiger partial charge in [0.15, 0.2) is 0 Å². The molecule has 2 atom stereocenters. The van der Waals surface area contributed by atoms with E-state index in [2.05, 4.69) is 43.5 Å². The summed E-state index contributed by atoms with van der Waals surface area (Å²) >= 11 is 0. The molecular weight excluding hydrogens is 276 g/mol. The van der Waals surface area contributed by atoms with Gasteiger partial charge in [-0.1, -0.05) is 6.07 Å². The Morgan fingerprint density at radius 1 is 1.23 bits per heavy atom. The molecule has 0 unspecified atom stereocenters. The Balaban J connectivity index is 1.75. The van der Waals surface area contributed by atoms with Crippen LogP contribution in [0.15, 0.2) is 42.9 Å². The number of nitrogens with zero attached hydrogens (tertiary/aromatic N) is 3. The van der Waals surface area contributed by atoms with Crippen molar-refractivity contribution in [2.24, 2.45) is 0 Å². The second kappa shape index (κ2) is 6.53. The van der Waals surface area contributed by atoms with Crippen LogP contribution in [0.5, 0.6) is 0 Å². The molecule has 3 rings (SSSR count). The third kappa shape index (κ3) is 3.40. The van der Waals surface area contributed by atoms with Gasteiger partial charge in [-0.25, -0.2) is 4.98 Å². The van der Waals surface area contributed by atoms with E-state index in [0.717, 1.165) is 29.3 Å². The predicted molar refractivity (Wildman–Crippen MR) is 84.3 cm³/mol. The second-order valence-electron chi connectivity index (χ2n) is 5.48. The molecule has 0 aliphatic carbocycles. The molecular formula is C16H20N6. The van der Waals surface area contributed by atoms with Gasteiger partial charge < -0.3 is 4.98 Å². The number of hydrogen-bond donors (Lipinski definition) is 3. The third-order valence-electron chi connectivity index (χ3n) is 3.50. The van der Waals surface area contributed by atoms with Crippen molar-refractivity contribution in [1.29, 1.82) is 0 Å². The molecule has 114 valence electrons. The molecule has 3 N–H and O–H groups in total. The maximum Gasteiger partial charge on any atom is 0.129 e. The first kappa shape index (κ1) is 14.5. The minimum atomic E-state index is -0.0637. The highest BCUT2D eigenvalue weighted by atomic mass is 15.1. The SMILES string of the molecule is Cc1cc(C[C@@H](C)N[C@H](c2ccccn2)c2ncc[nH]2)n[nH]1. The molecule has 3 heterocycles. The van der Waals surface area contributed by atoms with E-state index in [4.69, 9.17) is 0 Å². The van der Waals surface area contributed by atoms with Crippen molar-refractivity contribution in [3.63, 3.8) is 0 Å². The zero-order chi connectivity index (χ0) is 15.4. The monoisotopic (exact) mass is 296 g/mol. The number of pyridine rings is 1. The van der Waals surface area contributed by atoms with Gasteiger partial charge in [0.05, 0.1) is 11.4 Å². The molecule has 22 heavy (non-hydrogen) atoms. The molecule has 0 saturated carbocycles. The Bertz CT molecular complexity index is 689. The fourth-order valence-corrected chi connectivity index (χ4v) is 2.52. The first-order chi connectivity index (χ1) is 10.7. The number of H-pyrrole nitrogens is 2. The Morgan fingerprint density at radius 2 is 2.14 bits per heavy atom. The number of rotatable bonds is 6. The van der Waals surface area contributed by atoms with Crippen molar-refractivity contribution in [2.75, 3.05) is 0 Å². The van der Waals surface area contributed by atoms with Crippen LogP contribution in [0.2, 0.25) is 0 Å². The van der Waals surface area contributed by atoms with E-state index in [0.29, 0.717) is 0 Å². The number of aromatic amines is 2. The van der Waals surface area contributed by atoms with Crippen LogP contribution in [-0.2, 0) is 6.42 Å². The lowest BCUT2D eigenvalue weighted by molar-refractivity contribution is 0.473. The highest BCUT2D eigenvalue weighted by Gasteiger charge is 2.20. The zero-order valence-corrected chi connectivity index (χ0v) is 12.7. The van der Waals surface area contributed by atoms with E-state index in [1.807, 2.05) is 31.3 Å². The number of hydrogen-bond acceptors (Lipinski definition) is 4. The molecule has 0 saturated heterocycles. The minimum absolute atomic E-state index is 0.0637. The molecule has 0 bridgehead atoms. The molecule has 6 nitrogen and oxygen atoms in total. The summed E-state index contributed by atoms with van der Waals surface area (Å²) in [7, 11) is 0. The Kier molecular flexibility index (Phi) is 4.29. The van der Waals surface area contributed by atoms with E-state index in [-0.39, 0.29) is 12.1 Å². The molecule has 6 heteroatoms. The summed E-state index contributed by atoms with van der Waals surface area (Å²) in [4.78, 5) is 12.0. The van der Waals surface area contributed by atoms with E-state index in [1.54, 1.807) is 12.4 Å². The standard InChI is InChI=1S/C16H20N6/c1-11(9-13-10-12(2)21-22-13)20-15(16-18-7-8-19-16)14-5-3-4-6-17-14/h3-8,10-11,15,20H,9H2,1-2H3,(H,18,19)(H,21,22)/t11-,15-/m1/s1. The number of imidazole rings is 1. The lowest BCUT2D eigenvalue weighted by Gasteiger charge is -2.21. The van der Waals surface area contributed by atoms with Crippen LogP contribution < -0.4 is 5.32 Å². The first-order valence-electron chi connectivity index (χ1n) is 7.39. The van der Waals surface area contributed by atoms with E-state index < -0.39 is 0 Å². The van der Waals surface area contributed by atoms with Gasteiger partial charge in [0.2, 0.25) is 0 Å². The predicted octanol–water partition coefficient (Wildman–Crippen LogP) is 2.15. The van der Waals surface area contributed by atoms with Gasteiger partial charge in [0.1, 0.15) is 11.9 Å². The Hall–Kier alpha value is -2.47. The quantitative estimate of drug-likeness (QED) is 0.651. The maximum atomic E-state index is 4.45. The summed E-state index contributed by atoms with van der Waals surface area (Å²) in [6, 6.07) is 8.15. The smallest absolute Gasteiger partial charge is 0.129 e. The largest absolute Gasteiger partial charge is 0.347 e. The molecule has 0 amide bonds. The van der Waals surface area contributed by atoms with Crippen LogP contribution in [0.1, 0.15) is 35.9 Å². The van der Waals surface area contributed by atoms with Crippen molar-refractivity contribution in [3.05, 3.63) is 65.8 Å². The van der Waals surface area contributed by atoms with E-state index in [9.17, 15) is 0 Å². The number of aryl methyl sites for hydroxylation is 1. The van der Waals surface area contributed by atoms with Gasteiger partial charge in [0.25, 0.3) is 0 Å². The fourth-order valence-electron chi connectivity index (χ4n) is 2.52.